The second-order valence-corrected chi connectivity index (χ2v) is 7.05. The number of fused-ring (bicyclic) bond motifs is 3. The Balaban J connectivity index is 1.75. The maximum Gasteiger partial charge on any atom is 0.141 e. The lowest BCUT2D eigenvalue weighted by atomic mass is 9.97. The summed E-state index contributed by atoms with van der Waals surface area (Å²) in [5, 5.41) is 5.52. The van der Waals surface area contributed by atoms with Crippen molar-refractivity contribution in [3.8, 4) is 0 Å². The Morgan fingerprint density at radius 1 is 1.27 bits per heavy atom. The zero-order valence-electron chi connectivity index (χ0n) is 12.9. The van der Waals surface area contributed by atoms with Crippen LogP contribution in [-0.4, -0.2) is 26.8 Å². The highest BCUT2D eigenvalue weighted by atomic mass is 32.1. The van der Waals surface area contributed by atoms with Gasteiger partial charge >= 0.3 is 0 Å². The van der Waals surface area contributed by atoms with Gasteiger partial charge in [0, 0.05) is 37.3 Å². The fourth-order valence-corrected chi connectivity index (χ4v) is 4.49. The summed E-state index contributed by atoms with van der Waals surface area (Å²) in [6.07, 6.45) is 10.6. The maximum absolute atomic E-state index is 4.58. The Morgan fingerprint density at radius 3 is 2.95 bits per heavy atom. The summed E-state index contributed by atoms with van der Waals surface area (Å²) in [6, 6.07) is 0. The van der Waals surface area contributed by atoms with Gasteiger partial charge in [0.05, 0.1) is 11.6 Å². The van der Waals surface area contributed by atoms with Crippen molar-refractivity contribution in [3.63, 3.8) is 0 Å². The molecule has 0 fully saturated rings. The first-order valence-corrected chi connectivity index (χ1v) is 8.48. The average Bonchev–Trinajstić information content (AvgIpc) is 3.10. The van der Waals surface area contributed by atoms with Crippen molar-refractivity contribution in [1.82, 2.24) is 19.7 Å². The van der Waals surface area contributed by atoms with Crippen molar-refractivity contribution in [1.29, 1.82) is 0 Å². The van der Waals surface area contributed by atoms with Crippen molar-refractivity contribution in [2.75, 3.05) is 11.9 Å². The highest BCUT2D eigenvalue weighted by molar-refractivity contribution is 7.19. The SMILES string of the molecule is CN(Cc1cnn(C)c1)c1ncnc2sc3c(c12)CCCC3. The van der Waals surface area contributed by atoms with E-state index in [-0.39, 0.29) is 0 Å². The fraction of sp³-hybridized carbons (Fsp3) is 0.438. The summed E-state index contributed by atoms with van der Waals surface area (Å²) in [5.41, 5.74) is 2.68. The smallest absolute Gasteiger partial charge is 0.141 e. The molecule has 1 aliphatic carbocycles. The van der Waals surface area contributed by atoms with Crippen molar-refractivity contribution in [3.05, 3.63) is 34.7 Å². The zero-order chi connectivity index (χ0) is 15.1. The van der Waals surface area contributed by atoms with Gasteiger partial charge in [-0.15, -0.1) is 11.3 Å². The third-order valence-electron chi connectivity index (χ3n) is 4.27. The van der Waals surface area contributed by atoms with E-state index in [0.29, 0.717) is 0 Å². The minimum absolute atomic E-state index is 0.810. The number of aromatic nitrogens is 4. The number of hydrogen-bond acceptors (Lipinski definition) is 5. The van der Waals surface area contributed by atoms with E-state index in [0.717, 1.165) is 23.6 Å². The van der Waals surface area contributed by atoms with E-state index in [9.17, 15) is 0 Å². The van der Waals surface area contributed by atoms with Gasteiger partial charge in [0.15, 0.2) is 0 Å². The number of thiophene rings is 1. The fourth-order valence-electron chi connectivity index (χ4n) is 3.27. The predicted molar refractivity (Wildman–Crippen MR) is 89.4 cm³/mol. The number of nitrogens with zero attached hydrogens (tertiary/aromatic N) is 5. The van der Waals surface area contributed by atoms with E-state index in [1.807, 2.05) is 29.3 Å². The summed E-state index contributed by atoms with van der Waals surface area (Å²) < 4.78 is 1.84. The van der Waals surface area contributed by atoms with Gasteiger partial charge in [-0.2, -0.15) is 5.10 Å². The molecule has 3 heterocycles. The normalized spacial score (nSPS) is 14.3. The Hall–Kier alpha value is -1.95. The molecule has 0 N–H and O–H groups in total. The molecule has 114 valence electrons. The van der Waals surface area contributed by atoms with E-state index in [1.54, 1.807) is 6.33 Å². The minimum atomic E-state index is 0.810. The molecule has 6 heteroatoms. The van der Waals surface area contributed by atoms with Gasteiger partial charge in [-0.1, -0.05) is 0 Å². The molecule has 0 aromatic carbocycles. The van der Waals surface area contributed by atoms with Crippen LogP contribution in [0.5, 0.6) is 0 Å². The molecule has 0 saturated carbocycles. The number of hydrogen-bond donors (Lipinski definition) is 0. The maximum atomic E-state index is 4.58. The first-order chi connectivity index (χ1) is 10.7. The second kappa shape index (κ2) is 5.35. The molecule has 0 saturated heterocycles. The molecule has 3 aromatic heterocycles. The molecule has 0 aliphatic heterocycles. The van der Waals surface area contributed by atoms with Crippen LogP contribution in [0.4, 0.5) is 5.82 Å². The Bertz CT molecular complexity index is 819. The molecule has 3 aromatic rings. The number of rotatable bonds is 3. The Labute approximate surface area is 133 Å². The highest BCUT2D eigenvalue weighted by Gasteiger charge is 2.21. The topological polar surface area (TPSA) is 46.8 Å². The van der Waals surface area contributed by atoms with Crippen LogP contribution in [0.25, 0.3) is 10.2 Å². The summed E-state index contributed by atoms with van der Waals surface area (Å²) in [5.74, 6) is 1.05. The molecule has 0 amide bonds. The van der Waals surface area contributed by atoms with E-state index in [4.69, 9.17) is 0 Å². The summed E-state index contributed by atoms with van der Waals surface area (Å²) in [7, 11) is 4.04. The van der Waals surface area contributed by atoms with E-state index in [2.05, 4.69) is 33.2 Å². The van der Waals surface area contributed by atoms with Crippen LogP contribution in [0.1, 0.15) is 28.8 Å². The molecule has 0 unspecified atom stereocenters. The van der Waals surface area contributed by atoms with Gasteiger partial charge < -0.3 is 4.90 Å². The predicted octanol–water partition coefficient (Wildman–Crippen LogP) is 2.94. The van der Waals surface area contributed by atoms with Crippen molar-refractivity contribution in [2.45, 2.75) is 32.2 Å². The van der Waals surface area contributed by atoms with E-state index >= 15 is 0 Å². The van der Waals surface area contributed by atoms with Crippen LogP contribution in [0.15, 0.2) is 18.7 Å². The quantitative estimate of drug-likeness (QED) is 0.746. The van der Waals surface area contributed by atoms with Gasteiger partial charge in [0.2, 0.25) is 0 Å². The molecule has 0 radical (unpaired) electrons. The molecule has 1 aliphatic rings. The zero-order valence-corrected chi connectivity index (χ0v) is 13.7. The van der Waals surface area contributed by atoms with Crippen LogP contribution in [-0.2, 0) is 26.4 Å². The molecule has 22 heavy (non-hydrogen) atoms. The van der Waals surface area contributed by atoms with Crippen molar-refractivity contribution in [2.24, 2.45) is 7.05 Å². The Morgan fingerprint density at radius 2 is 2.14 bits per heavy atom. The summed E-state index contributed by atoms with van der Waals surface area (Å²) in [4.78, 5) is 13.9. The van der Waals surface area contributed by atoms with Gasteiger partial charge in [-0.25, -0.2) is 9.97 Å². The molecular weight excluding hydrogens is 294 g/mol. The van der Waals surface area contributed by atoms with E-state index < -0.39 is 0 Å². The second-order valence-electron chi connectivity index (χ2n) is 5.97. The molecule has 0 spiro atoms. The largest absolute Gasteiger partial charge is 0.355 e. The minimum Gasteiger partial charge on any atom is -0.355 e. The highest BCUT2D eigenvalue weighted by Crippen LogP contribution is 2.39. The van der Waals surface area contributed by atoms with Gasteiger partial charge in [-0.3, -0.25) is 4.68 Å². The first-order valence-electron chi connectivity index (χ1n) is 7.66. The van der Waals surface area contributed by atoms with Gasteiger partial charge in [0.25, 0.3) is 0 Å². The molecule has 4 rings (SSSR count). The van der Waals surface area contributed by atoms with E-state index in [1.165, 1.54) is 40.7 Å². The monoisotopic (exact) mass is 313 g/mol. The standard InChI is InChI=1S/C16H19N5S/c1-20(8-11-7-19-21(2)9-11)15-14-12-5-3-4-6-13(12)22-16(14)18-10-17-15/h7,9-10H,3-6,8H2,1-2H3. The molecule has 5 nitrogen and oxygen atoms in total. The summed E-state index contributed by atoms with van der Waals surface area (Å²) >= 11 is 1.85. The van der Waals surface area contributed by atoms with Crippen LogP contribution in [0.2, 0.25) is 0 Å². The molecule has 0 atom stereocenters. The average molecular weight is 313 g/mol. The van der Waals surface area contributed by atoms with Crippen molar-refractivity contribution < 1.29 is 0 Å². The number of aryl methyl sites for hydroxylation is 3. The molecular formula is C16H19N5S. The van der Waals surface area contributed by atoms with Crippen molar-refractivity contribution >= 4 is 27.4 Å². The van der Waals surface area contributed by atoms with Gasteiger partial charge in [0.1, 0.15) is 17.0 Å². The Kier molecular flexibility index (Phi) is 3.33. The first kappa shape index (κ1) is 13.7. The lowest BCUT2D eigenvalue weighted by molar-refractivity contribution is 0.700. The summed E-state index contributed by atoms with van der Waals surface area (Å²) in [6.45, 7) is 0.810. The van der Waals surface area contributed by atoms with Crippen LogP contribution in [0, 0.1) is 0 Å². The van der Waals surface area contributed by atoms with Crippen LogP contribution < -0.4 is 4.90 Å². The lowest BCUT2D eigenvalue weighted by Crippen LogP contribution is -2.18. The number of anilines is 1. The van der Waals surface area contributed by atoms with Crippen LogP contribution >= 0.6 is 11.3 Å². The van der Waals surface area contributed by atoms with Gasteiger partial charge in [-0.05, 0) is 31.2 Å². The lowest BCUT2D eigenvalue weighted by Gasteiger charge is -2.19. The van der Waals surface area contributed by atoms with Crippen LogP contribution in [0.3, 0.4) is 0 Å². The molecule has 0 bridgehead atoms. The third kappa shape index (κ3) is 2.27. The third-order valence-corrected chi connectivity index (χ3v) is 5.47.